The summed E-state index contributed by atoms with van der Waals surface area (Å²) in [6, 6.07) is 9.90. The summed E-state index contributed by atoms with van der Waals surface area (Å²) in [5, 5.41) is 9.89. The highest BCUT2D eigenvalue weighted by molar-refractivity contribution is 5.17. The summed E-state index contributed by atoms with van der Waals surface area (Å²) in [5.74, 6) is 0. The number of aliphatic hydroxyl groups excluding tert-OH is 1. The molecular formula is C14H22O4. The number of rotatable bonds is 8. The molecule has 0 bridgehead atoms. The maximum atomic E-state index is 9.89. The Bertz CT molecular complexity index is 315. The fourth-order valence-electron chi connectivity index (χ4n) is 1.94. The fourth-order valence-corrected chi connectivity index (χ4v) is 1.94. The zero-order valence-corrected chi connectivity index (χ0v) is 11.2. The van der Waals surface area contributed by atoms with Crippen LogP contribution in [0.1, 0.15) is 18.1 Å². The van der Waals surface area contributed by atoms with Gasteiger partial charge in [-0.1, -0.05) is 30.3 Å². The van der Waals surface area contributed by atoms with Gasteiger partial charge in [0.05, 0.1) is 18.8 Å². The van der Waals surface area contributed by atoms with Gasteiger partial charge in [0.15, 0.2) is 0 Å². The van der Waals surface area contributed by atoms with E-state index < -0.39 is 6.10 Å². The number of aliphatic hydroxyl groups is 1. The first-order valence-corrected chi connectivity index (χ1v) is 6.00. The average Bonchev–Trinajstić information content (AvgIpc) is 2.41. The lowest BCUT2D eigenvalue weighted by atomic mass is 10.0. The number of hydrogen-bond acceptors (Lipinski definition) is 4. The van der Waals surface area contributed by atoms with Crippen molar-refractivity contribution >= 4 is 0 Å². The van der Waals surface area contributed by atoms with Crippen molar-refractivity contribution in [2.75, 3.05) is 27.9 Å². The summed E-state index contributed by atoms with van der Waals surface area (Å²) < 4.78 is 15.7. The molecule has 0 amide bonds. The van der Waals surface area contributed by atoms with Crippen LogP contribution < -0.4 is 0 Å². The highest BCUT2D eigenvalue weighted by Crippen LogP contribution is 2.24. The van der Waals surface area contributed by atoms with Crippen LogP contribution in [0.4, 0.5) is 0 Å². The van der Waals surface area contributed by atoms with Gasteiger partial charge in [0.2, 0.25) is 0 Å². The lowest BCUT2D eigenvalue weighted by Gasteiger charge is -2.25. The molecule has 4 nitrogen and oxygen atoms in total. The van der Waals surface area contributed by atoms with E-state index in [1.807, 2.05) is 30.3 Å². The molecule has 0 aliphatic heterocycles. The first-order valence-electron chi connectivity index (χ1n) is 6.00. The molecule has 0 aromatic heterocycles. The lowest BCUT2D eigenvalue weighted by molar-refractivity contribution is -0.0702. The summed E-state index contributed by atoms with van der Waals surface area (Å²) in [5.41, 5.74) is 1.08. The minimum absolute atomic E-state index is 0.0948. The first-order chi connectivity index (χ1) is 8.72. The number of methoxy groups -OCH3 is 3. The van der Waals surface area contributed by atoms with Crippen LogP contribution in [-0.2, 0) is 14.2 Å². The predicted octanol–water partition coefficient (Wildman–Crippen LogP) is 1.79. The highest BCUT2D eigenvalue weighted by atomic mass is 16.5. The van der Waals surface area contributed by atoms with Crippen molar-refractivity contribution in [1.29, 1.82) is 0 Å². The van der Waals surface area contributed by atoms with E-state index in [-0.39, 0.29) is 18.8 Å². The Morgan fingerprint density at radius 3 is 2.22 bits per heavy atom. The van der Waals surface area contributed by atoms with Crippen molar-refractivity contribution in [3.8, 4) is 0 Å². The van der Waals surface area contributed by atoms with Crippen molar-refractivity contribution in [2.45, 2.75) is 24.7 Å². The Kier molecular flexibility index (Phi) is 6.90. The third-order valence-electron chi connectivity index (χ3n) is 2.97. The lowest BCUT2D eigenvalue weighted by Crippen LogP contribution is -2.33. The van der Waals surface area contributed by atoms with E-state index >= 15 is 0 Å². The van der Waals surface area contributed by atoms with Gasteiger partial charge in [-0.25, -0.2) is 0 Å². The van der Waals surface area contributed by atoms with Crippen LogP contribution in [0.25, 0.3) is 0 Å². The molecule has 0 saturated carbocycles. The van der Waals surface area contributed by atoms with E-state index in [4.69, 9.17) is 14.2 Å². The van der Waals surface area contributed by atoms with E-state index in [1.54, 1.807) is 21.3 Å². The fraction of sp³-hybridized carbons (Fsp3) is 0.571. The second kappa shape index (κ2) is 8.21. The Morgan fingerprint density at radius 1 is 1.06 bits per heavy atom. The van der Waals surface area contributed by atoms with Gasteiger partial charge in [0.25, 0.3) is 0 Å². The third kappa shape index (κ3) is 4.38. The van der Waals surface area contributed by atoms with Gasteiger partial charge < -0.3 is 19.3 Å². The first kappa shape index (κ1) is 15.1. The number of ether oxygens (including phenoxy) is 3. The van der Waals surface area contributed by atoms with Gasteiger partial charge in [-0.3, -0.25) is 0 Å². The van der Waals surface area contributed by atoms with E-state index in [0.29, 0.717) is 6.42 Å². The second-order valence-electron chi connectivity index (χ2n) is 4.17. The van der Waals surface area contributed by atoms with Crippen molar-refractivity contribution in [2.24, 2.45) is 0 Å². The molecule has 0 heterocycles. The molecule has 1 rings (SSSR count). The molecule has 1 aromatic rings. The Balaban J connectivity index is 2.66. The Labute approximate surface area is 108 Å². The summed E-state index contributed by atoms with van der Waals surface area (Å²) >= 11 is 0. The van der Waals surface area contributed by atoms with Gasteiger partial charge in [-0.2, -0.15) is 0 Å². The molecule has 4 heteroatoms. The topological polar surface area (TPSA) is 47.9 Å². The molecule has 0 radical (unpaired) electrons. The van der Waals surface area contributed by atoms with Gasteiger partial charge in [0.1, 0.15) is 6.10 Å². The molecule has 0 aliphatic carbocycles. The smallest absolute Gasteiger partial charge is 0.103 e. The molecule has 0 aliphatic rings. The van der Waals surface area contributed by atoms with Crippen LogP contribution in [0.3, 0.4) is 0 Å². The molecule has 0 saturated heterocycles. The number of hydrogen-bond donors (Lipinski definition) is 1. The second-order valence-corrected chi connectivity index (χ2v) is 4.17. The van der Waals surface area contributed by atoms with Crippen LogP contribution in [0.5, 0.6) is 0 Å². The molecule has 1 N–H and O–H groups in total. The minimum atomic E-state index is -0.652. The van der Waals surface area contributed by atoms with Gasteiger partial charge in [0, 0.05) is 27.8 Å². The molecule has 0 fully saturated rings. The molecule has 0 spiro atoms. The molecule has 1 aromatic carbocycles. The van der Waals surface area contributed by atoms with Crippen molar-refractivity contribution in [3.63, 3.8) is 0 Å². The van der Waals surface area contributed by atoms with Crippen molar-refractivity contribution < 1.29 is 19.3 Å². The van der Waals surface area contributed by atoms with E-state index in [9.17, 15) is 5.11 Å². The van der Waals surface area contributed by atoms with E-state index in [2.05, 4.69) is 0 Å². The summed E-state index contributed by atoms with van der Waals surface area (Å²) in [6.45, 7) is 0.254. The van der Waals surface area contributed by atoms with Crippen LogP contribution in [0.15, 0.2) is 30.3 Å². The molecule has 102 valence electrons. The molecular weight excluding hydrogens is 232 g/mol. The Morgan fingerprint density at radius 2 is 1.72 bits per heavy atom. The number of benzene rings is 1. The zero-order valence-electron chi connectivity index (χ0n) is 11.2. The van der Waals surface area contributed by atoms with Crippen LogP contribution in [0, 0.1) is 0 Å². The average molecular weight is 254 g/mol. The largest absolute Gasteiger partial charge is 0.388 e. The van der Waals surface area contributed by atoms with E-state index in [1.165, 1.54) is 0 Å². The molecule has 3 atom stereocenters. The third-order valence-corrected chi connectivity index (χ3v) is 2.97. The normalized spacial score (nSPS) is 16.2. The van der Waals surface area contributed by atoms with Crippen LogP contribution in [0.2, 0.25) is 0 Å². The van der Waals surface area contributed by atoms with Crippen LogP contribution >= 0.6 is 0 Å². The monoisotopic (exact) mass is 254 g/mol. The van der Waals surface area contributed by atoms with Crippen LogP contribution in [-0.4, -0.2) is 45.3 Å². The Hall–Kier alpha value is -0.940. The quantitative estimate of drug-likeness (QED) is 0.768. The summed E-state index contributed by atoms with van der Waals surface area (Å²) in [4.78, 5) is 0. The zero-order chi connectivity index (χ0) is 13.4. The predicted molar refractivity (Wildman–Crippen MR) is 69.5 cm³/mol. The summed E-state index contributed by atoms with van der Waals surface area (Å²) in [6.07, 6.45) is -0.472. The van der Waals surface area contributed by atoms with Gasteiger partial charge in [-0.05, 0) is 5.56 Å². The maximum Gasteiger partial charge on any atom is 0.103 e. The SMILES string of the molecule is COC[C@@H](O)[C@H](C[C@@H](OC)c1ccccc1)OC. The molecule has 18 heavy (non-hydrogen) atoms. The minimum Gasteiger partial charge on any atom is -0.388 e. The summed E-state index contributed by atoms with van der Waals surface area (Å²) in [7, 11) is 4.80. The molecule has 0 unspecified atom stereocenters. The maximum absolute atomic E-state index is 9.89. The standard InChI is InChI=1S/C14H22O4/c1-16-10-12(15)14(18-3)9-13(17-2)11-7-5-4-6-8-11/h4-8,12-15H,9-10H2,1-3H3/t12-,13-,14+/m1/s1. The van der Waals surface area contributed by atoms with E-state index in [0.717, 1.165) is 5.56 Å². The highest BCUT2D eigenvalue weighted by Gasteiger charge is 2.24. The van der Waals surface area contributed by atoms with Gasteiger partial charge >= 0.3 is 0 Å². The van der Waals surface area contributed by atoms with Crippen molar-refractivity contribution in [3.05, 3.63) is 35.9 Å². The van der Waals surface area contributed by atoms with Gasteiger partial charge in [-0.15, -0.1) is 0 Å². The van der Waals surface area contributed by atoms with Crippen molar-refractivity contribution in [1.82, 2.24) is 0 Å².